The Morgan fingerprint density at radius 2 is 1.81 bits per heavy atom. The van der Waals surface area contributed by atoms with E-state index in [9.17, 15) is 4.79 Å². The molecule has 2 rings (SSSR count). The van der Waals surface area contributed by atoms with Gasteiger partial charge in [0.15, 0.2) is 0 Å². The van der Waals surface area contributed by atoms with Gasteiger partial charge in [-0.15, -0.1) is 0 Å². The minimum absolute atomic E-state index is 0.213. The lowest BCUT2D eigenvalue weighted by molar-refractivity contribution is 0.0987. The van der Waals surface area contributed by atoms with Gasteiger partial charge in [-0.25, -0.2) is 0 Å². The highest BCUT2D eigenvalue weighted by atomic mass is 35.5. The first-order chi connectivity index (χ1) is 10.1. The van der Waals surface area contributed by atoms with Gasteiger partial charge in [0, 0.05) is 17.8 Å². The number of carbonyl (C=O) groups is 1. The monoisotopic (exact) mass is 318 g/mol. The van der Waals surface area contributed by atoms with E-state index in [0.29, 0.717) is 22.2 Å². The average molecular weight is 319 g/mol. The van der Waals surface area contributed by atoms with Gasteiger partial charge in [-0.1, -0.05) is 41.4 Å². The van der Waals surface area contributed by atoms with Gasteiger partial charge in [-0.05, 0) is 30.3 Å². The second-order valence-electron chi connectivity index (χ2n) is 4.33. The van der Waals surface area contributed by atoms with E-state index < -0.39 is 0 Å². The Morgan fingerprint density at radius 3 is 2.43 bits per heavy atom. The first-order valence-corrected chi connectivity index (χ1v) is 7.08. The average Bonchev–Trinajstić information content (AvgIpc) is 2.51. The van der Waals surface area contributed by atoms with Gasteiger partial charge in [-0.2, -0.15) is 5.26 Å². The van der Waals surface area contributed by atoms with E-state index >= 15 is 0 Å². The zero-order valence-corrected chi connectivity index (χ0v) is 12.6. The molecule has 0 heterocycles. The van der Waals surface area contributed by atoms with Crippen LogP contribution in [-0.4, -0.2) is 12.5 Å². The van der Waals surface area contributed by atoms with Crippen LogP contribution in [0.25, 0.3) is 0 Å². The van der Waals surface area contributed by atoms with Crippen molar-refractivity contribution in [1.82, 2.24) is 0 Å². The number of hydrogen-bond donors (Lipinski definition) is 0. The molecule has 2 aromatic carbocycles. The number of benzene rings is 2. The van der Waals surface area contributed by atoms with E-state index in [1.54, 1.807) is 17.0 Å². The van der Waals surface area contributed by atoms with E-state index in [1.807, 2.05) is 30.3 Å². The predicted octanol–water partition coefficient (Wildman–Crippen LogP) is 4.55. The summed E-state index contributed by atoms with van der Waals surface area (Å²) in [6, 6.07) is 16.0. The van der Waals surface area contributed by atoms with Gasteiger partial charge < -0.3 is 4.90 Å². The summed E-state index contributed by atoms with van der Waals surface area (Å²) in [6.45, 7) is 0.319. The normalized spacial score (nSPS) is 9.95. The Labute approximate surface area is 133 Å². The number of nitrogens with zero attached hydrogens (tertiary/aromatic N) is 2. The Bertz CT molecular complexity index is 680. The quantitative estimate of drug-likeness (QED) is 0.829. The molecule has 0 atom stereocenters. The molecule has 0 unspecified atom stereocenters. The van der Waals surface area contributed by atoms with Crippen LogP contribution in [0.1, 0.15) is 16.8 Å². The topological polar surface area (TPSA) is 44.1 Å². The maximum Gasteiger partial charge on any atom is 0.258 e. The molecule has 0 aromatic heterocycles. The van der Waals surface area contributed by atoms with Crippen molar-refractivity contribution in [2.24, 2.45) is 0 Å². The molecule has 21 heavy (non-hydrogen) atoms. The minimum atomic E-state index is -0.213. The fourth-order valence-corrected chi connectivity index (χ4v) is 2.20. The maximum absolute atomic E-state index is 12.6. The van der Waals surface area contributed by atoms with Gasteiger partial charge in [0.2, 0.25) is 0 Å². The summed E-state index contributed by atoms with van der Waals surface area (Å²) in [5, 5.41) is 9.50. The van der Waals surface area contributed by atoms with Crippen LogP contribution in [-0.2, 0) is 0 Å². The van der Waals surface area contributed by atoms with Crippen LogP contribution in [0.15, 0.2) is 48.5 Å². The van der Waals surface area contributed by atoms with Crippen molar-refractivity contribution >= 4 is 34.8 Å². The number of anilines is 1. The molecule has 2 aromatic rings. The number of hydrogen-bond acceptors (Lipinski definition) is 2. The van der Waals surface area contributed by atoms with Gasteiger partial charge in [-0.3, -0.25) is 4.79 Å². The number of amides is 1. The van der Waals surface area contributed by atoms with Crippen molar-refractivity contribution in [1.29, 1.82) is 5.26 Å². The van der Waals surface area contributed by atoms with Crippen LogP contribution in [0.5, 0.6) is 0 Å². The van der Waals surface area contributed by atoms with Gasteiger partial charge >= 0.3 is 0 Å². The Morgan fingerprint density at radius 1 is 1.10 bits per heavy atom. The molecule has 0 fully saturated rings. The first kappa shape index (κ1) is 15.4. The zero-order chi connectivity index (χ0) is 15.2. The van der Waals surface area contributed by atoms with Gasteiger partial charge in [0.05, 0.1) is 22.5 Å². The molecule has 0 aliphatic rings. The molecule has 0 spiro atoms. The molecule has 3 nitrogen and oxygen atoms in total. The van der Waals surface area contributed by atoms with Crippen molar-refractivity contribution in [2.75, 3.05) is 11.4 Å². The fraction of sp³-hybridized carbons (Fsp3) is 0.125. The van der Waals surface area contributed by atoms with E-state index in [4.69, 9.17) is 28.5 Å². The number of rotatable bonds is 4. The summed E-state index contributed by atoms with van der Waals surface area (Å²) in [7, 11) is 0. The van der Waals surface area contributed by atoms with Crippen LogP contribution < -0.4 is 4.90 Å². The highest BCUT2D eigenvalue weighted by Crippen LogP contribution is 2.24. The molecule has 0 aliphatic heterocycles. The molecule has 0 bridgehead atoms. The van der Waals surface area contributed by atoms with Crippen LogP contribution >= 0.6 is 23.2 Å². The highest BCUT2D eigenvalue weighted by molar-refractivity contribution is 6.42. The minimum Gasteiger partial charge on any atom is -0.307 e. The molecule has 0 aliphatic carbocycles. The summed E-state index contributed by atoms with van der Waals surface area (Å²) in [5.74, 6) is -0.213. The molecule has 0 saturated carbocycles. The summed E-state index contributed by atoms with van der Waals surface area (Å²) < 4.78 is 0. The van der Waals surface area contributed by atoms with Crippen molar-refractivity contribution in [2.45, 2.75) is 6.42 Å². The van der Waals surface area contributed by atoms with Crippen LogP contribution in [0.4, 0.5) is 5.69 Å². The Hall–Kier alpha value is -2.02. The molecule has 0 saturated heterocycles. The molecular weight excluding hydrogens is 307 g/mol. The van der Waals surface area contributed by atoms with Crippen molar-refractivity contribution in [3.8, 4) is 6.07 Å². The zero-order valence-electron chi connectivity index (χ0n) is 11.1. The lowest BCUT2D eigenvalue weighted by Gasteiger charge is -2.22. The van der Waals surface area contributed by atoms with Crippen LogP contribution in [0, 0.1) is 11.3 Å². The number of nitriles is 1. The second kappa shape index (κ2) is 7.12. The molecule has 0 N–H and O–H groups in total. The molecule has 5 heteroatoms. The third kappa shape index (κ3) is 3.75. The second-order valence-corrected chi connectivity index (χ2v) is 5.14. The lowest BCUT2D eigenvalue weighted by Crippen LogP contribution is -2.31. The summed E-state index contributed by atoms with van der Waals surface area (Å²) in [6.07, 6.45) is 0.252. The van der Waals surface area contributed by atoms with Gasteiger partial charge in [0.25, 0.3) is 5.91 Å². The van der Waals surface area contributed by atoms with E-state index in [-0.39, 0.29) is 12.3 Å². The summed E-state index contributed by atoms with van der Waals surface area (Å²) in [5.41, 5.74) is 1.18. The van der Waals surface area contributed by atoms with Crippen molar-refractivity contribution in [3.05, 3.63) is 64.1 Å². The van der Waals surface area contributed by atoms with E-state index in [1.165, 1.54) is 6.07 Å². The third-order valence-electron chi connectivity index (χ3n) is 2.93. The lowest BCUT2D eigenvalue weighted by atomic mass is 10.1. The van der Waals surface area contributed by atoms with Gasteiger partial charge in [0.1, 0.15) is 0 Å². The molecule has 0 radical (unpaired) electrons. The van der Waals surface area contributed by atoms with E-state index in [0.717, 1.165) is 5.69 Å². The van der Waals surface area contributed by atoms with Crippen LogP contribution in [0.2, 0.25) is 10.0 Å². The van der Waals surface area contributed by atoms with Crippen molar-refractivity contribution in [3.63, 3.8) is 0 Å². The number of halogens is 2. The molecule has 1 amide bonds. The number of para-hydroxylation sites is 1. The molecular formula is C16H12Cl2N2O. The highest BCUT2D eigenvalue weighted by Gasteiger charge is 2.18. The molecule has 106 valence electrons. The first-order valence-electron chi connectivity index (χ1n) is 6.32. The Kier molecular flexibility index (Phi) is 5.21. The Balaban J connectivity index is 2.34. The standard InChI is InChI=1S/C16H12Cl2N2O/c17-14-8-7-12(11-15(14)18)16(21)20(10-4-9-19)13-5-2-1-3-6-13/h1-3,5-8,11H,4,10H2. The summed E-state index contributed by atoms with van der Waals surface area (Å²) >= 11 is 11.8. The maximum atomic E-state index is 12.6. The van der Waals surface area contributed by atoms with Crippen molar-refractivity contribution < 1.29 is 4.79 Å². The summed E-state index contributed by atoms with van der Waals surface area (Å²) in [4.78, 5) is 14.2. The third-order valence-corrected chi connectivity index (χ3v) is 3.67. The fourth-order valence-electron chi connectivity index (χ4n) is 1.90. The predicted molar refractivity (Wildman–Crippen MR) is 84.8 cm³/mol. The van der Waals surface area contributed by atoms with E-state index in [2.05, 4.69) is 6.07 Å². The SMILES string of the molecule is N#CCCN(C(=O)c1ccc(Cl)c(Cl)c1)c1ccccc1. The smallest absolute Gasteiger partial charge is 0.258 e. The number of carbonyl (C=O) groups excluding carboxylic acids is 1. The largest absolute Gasteiger partial charge is 0.307 e. The van der Waals surface area contributed by atoms with Crippen LogP contribution in [0.3, 0.4) is 0 Å².